The van der Waals surface area contributed by atoms with Gasteiger partial charge in [-0.05, 0) is 30.5 Å². The Kier molecular flexibility index (Phi) is 3.38. The molecule has 0 aliphatic heterocycles. The maximum atomic E-state index is 13.0. The molecule has 0 bridgehead atoms. The average molecular weight is 306 g/mol. The molecule has 1 unspecified atom stereocenters. The molecule has 1 atom stereocenters. The highest BCUT2D eigenvalue weighted by Gasteiger charge is 2.26. The Balaban J connectivity index is 2.08. The first-order valence-corrected chi connectivity index (χ1v) is 6.29. The van der Waals surface area contributed by atoms with Crippen LogP contribution in [-0.4, -0.2) is 10.5 Å². The van der Waals surface area contributed by atoms with Crippen molar-refractivity contribution in [2.45, 2.75) is 25.0 Å². The number of halogens is 2. The summed E-state index contributed by atoms with van der Waals surface area (Å²) in [5.74, 6) is -0.184. The quantitative estimate of drug-likeness (QED) is 0.611. The van der Waals surface area contributed by atoms with Crippen LogP contribution in [0.3, 0.4) is 0 Å². The Morgan fingerprint density at radius 2 is 2.29 bits per heavy atom. The van der Waals surface area contributed by atoms with Gasteiger partial charge in [0.25, 0.3) is 0 Å². The summed E-state index contributed by atoms with van der Waals surface area (Å²) in [6, 6.07) is 6.69. The lowest BCUT2D eigenvalue weighted by Gasteiger charge is -2.15. The van der Waals surface area contributed by atoms with Gasteiger partial charge in [0.2, 0.25) is 0 Å². The largest absolute Gasteiger partial charge is 0.369 e. The van der Waals surface area contributed by atoms with Gasteiger partial charge in [-0.2, -0.15) is 0 Å². The molecule has 0 N–H and O–H groups in total. The van der Waals surface area contributed by atoms with Gasteiger partial charge in [-0.1, -0.05) is 34.7 Å². The van der Waals surface area contributed by atoms with Gasteiger partial charge in [-0.3, -0.25) is 0 Å². The summed E-state index contributed by atoms with van der Waals surface area (Å²) in [6.07, 6.45) is 2.78. The second kappa shape index (κ2) is 4.57. The van der Waals surface area contributed by atoms with E-state index in [9.17, 15) is 4.39 Å². The second-order valence-corrected chi connectivity index (χ2v) is 4.41. The Bertz CT molecular complexity index is 312. The lowest BCUT2D eigenvalue weighted by molar-refractivity contribution is 0.0568. The Morgan fingerprint density at radius 1 is 1.50 bits per heavy atom. The smallest absolute Gasteiger partial charge is 0.123 e. The van der Waals surface area contributed by atoms with E-state index >= 15 is 0 Å². The van der Waals surface area contributed by atoms with Crippen molar-refractivity contribution in [3.05, 3.63) is 35.6 Å². The standard InChI is InChI=1S/C11H12FIO/c12-9-3-1-2-8(6-9)11(7-13)14-10-4-5-10/h1-3,6,10-11H,4-5,7H2. The molecule has 0 radical (unpaired) electrons. The molecule has 2 rings (SSSR count). The number of benzene rings is 1. The van der Waals surface area contributed by atoms with Crippen LogP contribution in [0.2, 0.25) is 0 Å². The van der Waals surface area contributed by atoms with Gasteiger partial charge in [0.05, 0.1) is 12.2 Å². The van der Waals surface area contributed by atoms with Crippen LogP contribution in [0.4, 0.5) is 4.39 Å². The minimum absolute atomic E-state index is 0.0544. The van der Waals surface area contributed by atoms with Crippen molar-refractivity contribution in [3.8, 4) is 0 Å². The predicted molar refractivity (Wildman–Crippen MR) is 62.1 cm³/mol. The monoisotopic (exact) mass is 306 g/mol. The molecule has 1 aliphatic rings. The van der Waals surface area contributed by atoms with E-state index in [1.54, 1.807) is 12.1 Å². The van der Waals surface area contributed by atoms with Gasteiger partial charge >= 0.3 is 0 Å². The van der Waals surface area contributed by atoms with Gasteiger partial charge in [-0.25, -0.2) is 4.39 Å². The van der Waals surface area contributed by atoms with Gasteiger partial charge in [0, 0.05) is 4.43 Å². The zero-order valence-corrected chi connectivity index (χ0v) is 9.91. The van der Waals surface area contributed by atoms with Crippen LogP contribution >= 0.6 is 22.6 Å². The Hall–Kier alpha value is -0.160. The van der Waals surface area contributed by atoms with E-state index in [4.69, 9.17) is 4.74 Å². The fourth-order valence-corrected chi connectivity index (χ4v) is 2.06. The van der Waals surface area contributed by atoms with E-state index in [1.807, 2.05) is 6.07 Å². The van der Waals surface area contributed by atoms with E-state index in [2.05, 4.69) is 22.6 Å². The highest BCUT2D eigenvalue weighted by Crippen LogP contribution is 2.31. The minimum atomic E-state index is -0.184. The first-order valence-electron chi connectivity index (χ1n) is 4.76. The zero-order valence-electron chi connectivity index (χ0n) is 7.75. The van der Waals surface area contributed by atoms with E-state index in [0.717, 1.165) is 22.8 Å². The van der Waals surface area contributed by atoms with Crippen LogP contribution < -0.4 is 0 Å². The van der Waals surface area contributed by atoms with Gasteiger partial charge < -0.3 is 4.74 Å². The summed E-state index contributed by atoms with van der Waals surface area (Å²) in [4.78, 5) is 0. The third-order valence-electron chi connectivity index (χ3n) is 2.24. The minimum Gasteiger partial charge on any atom is -0.369 e. The first-order chi connectivity index (χ1) is 6.79. The second-order valence-electron chi connectivity index (χ2n) is 3.53. The van der Waals surface area contributed by atoms with Crippen molar-refractivity contribution in [1.82, 2.24) is 0 Å². The molecule has 1 aromatic carbocycles. The molecular weight excluding hydrogens is 294 g/mol. The van der Waals surface area contributed by atoms with Crippen molar-refractivity contribution >= 4 is 22.6 Å². The molecule has 0 amide bonds. The highest BCUT2D eigenvalue weighted by atomic mass is 127. The molecule has 1 saturated carbocycles. The van der Waals surface area contributed by atoms with Crippen molar-refractivity contribution in [3.63, 3.8) is 0 Å². The number of alkyl halides is 1. The van der Waals surface area contributed by atoms with Crippen molar-refractivity contribution < 1.29 is 9.13 Å². The van der Waals surface area contributed by atoms with Crippen molar-refractivity contribution in [2.24, 2.45) is 0 Å². The topological polar surface area (TPSA) is 9.23 Å². The number of hydrogen-bond acceptors (Lipinski definition) is 1. The van der Waals surface area contributed by atoms with Crippen LogP contribution in [0.25, 0.3) is 0 Å². The maximum Gasteiger partial charge on any atom is 0.123 e. The molecule has 0 heterocycles. The third kappa shape index (κ3) is 2.67. The first kappa shape index (κ1) is 10.4. The van der Waals surface area contributed by atoms with Crippen LogP contribution in [0.1, 0.15) is 24.5 Å². The number of hydrogen-bond donors (Lipinski definition) is 0. The predicted octanol–water partition coefficient (Wildman–Crippen LogP) is 3.48. The van der Waals surface area contributed by atoms with Crippen molar-refractivity contribution in [2.75, 3.05) is 4.43 Å². The summed E-state index contributed by atoms with van der Waals surface area (Å²) in [5.41, 5.74) is 0.950. The Labute approximate surface area is 96.8 Å². The van der Waals surface area contributed by atoms with E-state index in [0.29, 0.717) is 6.10 Å². The maximum absolute atomic E-state index is 13.0. The molecule has 0 aromatic heterocycles. The van der Waals surface area contributed by atoms with Gasteiger partial charge in [-0.15, -0.1) is 0 Å². The lowest BCUT2D eigenvalue weighted by Crippen LogP contribution is -2.07. The normalized spacial score (nSPS) is 18.1. The van der Waals surface area contributed by atoms with E-state index < -0.39 is 0 Å². The van der Waals surface area contributed by atoms with E-state index in [-0.39, 0.29) is 11.9 Å². The molecule has 76 valence electrons. The lowest BCUT2D eigenvalue weighted by atomic mass is 10.1. The van der Waals surface area contributed by atoms with Crippen LogP contribution in [-0.2, 0) is 4.74 Å². The highest BCUT2D eigenvalue weighted by molar-refractivity contribution is 14.1. The molecule has 0 saturated heterocycles. The summed E-state index contributed by atoms with van der Waals surface area (Å²) in [7, 11) is 0. The molecular formula is C11H12FIO. The number of ether oxygens (including phenoxy) is 1. The molecule has 1 aliphatic carbocycles. The molecule has 1 nitrogen and oxygen atoms in total. The molecule has 1 fully saturated rings. The van der Waals surface area contributed by atoms with Crippen molar-refractivity contribution in [1.29, 1.82) is 0 Å². The average Bonchev–Trinajstić information content (AvgIpc) is 2.98. The SMILES string of the molecule is Fc1cccc(C(CI)OC2CC2)c1. The van der Waals surface area contributed by atoms with Gasteiger partial charge in [0.15, 0.2) is 0 Å². The third-order valence-corrected chi connectivity index (χ3v) is 3.04. The summed E-state index contributed by atoms with van der Waals surface area (Å²) < 4.78 is 19.6. The van der Waals surface area contributed by atoms with Crippen LogP contribution in [0, 0.1) is 5.82 Å². The fourth-order valence-electron chi connectivity index (χ4n) is 1.35. The zero-order chi connectivity index (χ0) is 9.97. The molecule has 1 aromatic rings. The number of rotatable bonds is 4. The summed E-state index contributed by atoms with van der Waals surface area (Å²) >= 11 is 2.28. The van der Waals surface area contributed by atoms with Crippen LogP contribution in [0.15, 0.2) is 24.3 Å². The fraction of sp³-hybridized carbons (Fsp3) is 0.455. The molecule has 14 heavy (non-hydrogen) atoms. The summed E-state index contributed by atoms with van der Waals surface area (Å²) in [5, 5.41) is 0. The molecule has 3 heteroatoms. The van der Waals surface area contributed by atoms with E-state index in [1.165, 1.54) is 6.07 Å². The Morgan fingerprint density at radius 3 is 2.86 bits per heavy atom. The summed E-state index contributed by atoms with van der Waals surface area (Å²) in [6.45, 7) is 0. The van der Waals surface area contributed by atoms with Crippen LogP contribution in [0.5, 0.6) is 0 Å². The molecule has 0 spiro atoms. The van der Waals surface area contributed by atoms with Gasteiger partial charge in [0.1, 0.15) is 5.82 Å².